The van der Waals surface area contributed by atoms with Gasteiger partial charge in [-0.3, -0.25) is 9.59 Å². The minimum Gasteiger partial charge on any atom is -0.507 e. The summed E-state index contributed by atoms with van der Waals surface area (Å²) in [6.45, 7) is 1.19. The van der Waals surface area contributed by atoms with Crippen LogP contribution in [0.3, 0.4) is 0 Å². The number of aryl methyl sites for hydroxylation is 3. The largest absolute Gasteiger partial charge is 0.507 e. The highest BCUT2D eigenvalue weighted by Crippen LogP contribution is 2.36. The number of amides is 1. The number of nitrogens with one attached hydrogen (secondary N) is 1. The number of hydrazone groups is 1. The molecule has 9 nitrogen and oxygen atoms in total. The van der Waals surface area contributed by atoms with Gasteiger partial charge < -0.3 is 14.4 Å². The maximum absolute atomic E-state index is 12.6. The minimum absolute atomic E-state index is 0.0512. The fourth-order valence-corrected chi connectivity index (χ4v) is 4.21. The third-order valence-electron chi connectivity index (χ3n) is 5.74. The van der Waals surface area contributed by atoms with Crippen molar-refractivity contribution in [2.45, 2.75) is 32.6 Å². The van der Waals surface area contributed by atoms with Gasteiger partial charge in [0.25, 0.3) is 11.5 Å². The molecule has 9 heteroatoms. The van der Waals surface area contributed by atoms with E-state index in [9.17, 15) is 14.7 Å². The van der Waals surface area contributed by atoms with Crippen molar-refractivity contribution in [3.63, 3.8) is 0 Å². The highest BCUT2D eigenvalue weighted by molar-refractivity contribution is 6.03. The summed E-state index contributed by atoms with van der Waals surface area (Å²) in [7, 11) is 0. The van der Waals surface area contributed by atoms with Crippen LogP contribution < -0.4 is 15.8 Å². The Balaban J connectivity index is 1.31. The summed E-state index contributed by atoms with van der Waals surface area (Å²) in [6.07, 6.45) is 5.28. The van der Waals surface area contributed by atoms with Crippen LogP contribution in [0.4, 0.5) is 0 Å². The first kappa shape index (κ1) is 20.7. The van der Waals surface area contributed by atoms with E-state index in [0.717, 1.165) is 47.1 Å². The van der Waals surface area contributed by atoms with Gasteiger partial charge in [0.1, 0.15) is 22.9 Å². The molecule has 1 aliphatic rings. The Labute approximate surface area is 188 Å². The third kappa shape index (κ3) is 3.82. The molecule has 0 saturated heterocycles. The maximum Gasteiger partial charge on any atom is 0.294 e. The van der Waals surface area contributed by atoms with Gasteiger partial charge >= 0.3 is 0 Å². The van der Waals surface area contributed by atoms with Gasteiger partial charge in [0.2, 0.25) is 0 Å². The molecule has 0 atom stereocenters. The number of hydrogen-bond acceptors (Lipinski definition) is 7. The topological polar surface area (TPSA) is 119 Å². The lowest BCUT2D eigenvalue weighted by atomic mass is 9.94. The van der Waals surface area contributed by atoms with Gasteiger partial charge in [0, 0.05) is 22.9 Å². The summed E-state index contributed by atoms with van der Waals surface area (Å²) in [5, 5.41) is 15.6. The Hall–Kier alpha value is -4.14. The smallest absolute Gasteiger partial charge is 0.294 e. The van der Waals surface area contributed by atoms with E-state index in [1.807, 2.05) is 0 Å². The number of carbonyl (C=O) groups is 1. The van der Waals surface area contributed by atoms with Crippen molar-refractivity contribution in [1.82, 2.24) is 15.1 Å². The molecule has 5 rings (SSSR count). The van der Waals surface area contributed by atoms with Crippen molar-refractivity contribution in [1.29, 1.82) is 0 Å². The Morgan fingerprint density at radius 3 is 2.97 bits per heavy atom. The average molecular weight is 446 g/mol. The van der Waals surface area contributed by atoms with Gasteiger partial charge in [0.05, 0.1) is 17.1 Å². The molecule has 1 aliphatic carbocycles. The SMILES string of the molecule is Cc1nc2ccccc2c(=O)n1OCC(=O)NN=Cc1c(O)ccc2oc3c(c12)CCCC3. The summed E-state index contributed by atoms with van der Waals surface area (Å²) in [6, 6.07) is 10.2. The lowest BCUT2D eigenvalue weighted by Gasteiger charge is -2.11. The zero-order valence-corrected chi connectivity index (χ0v) is 18.0. The highest BCUT2D eigenvalue weighted by atomic mass is 16.7. The van der Waals surface area contributed by atoms with E-state index < -0.39 is 18.1 Å². The number of phenols is 1. The Morgan fingerprint density at radius 2 is 2.09 bits per heavy atom. The van der Waals surface area contributed by atoms with Crippen LogP contribution in [0.15, 0.2) is 50.7 Å². The number of phenolic OH excluding ortho intramolecular Hbond substituents is 1. The number of aromatic nitrogens is 2. The van der Waals surface area contributed by atoms with Crippen LogP contribution in [0.25, 0.3) is 21.9 Å². The van der Waals surface area contributed by atoms with Crippen molar-refractivity contribution in [2.75, 3.05) is 6.61 Å². The number of aromatic hydroxyl groups is 1. The second-order valence-electron chi connectivity index (χ2n) is 7.92. The standard InChI is InChI=1S/C24H22N4O5/c1-14-26-18-8-4-2-6-15(18)24(31)28(14)32-13-22(30)27-25-12-17-19(29)10-11-21-23(17)16-7-3-5-9-20(16)33-21/h2,4,6,8,10-12,29H,3,5,7,9,13H2,1H3,(H,27,30). The van der Waals surface area contributed by atoms with Crippen LogP contribution in [0.5, 0.6) is 5.75 Å². The first-order valence-corrected chi connectivity index (χ1v) is 10.7. The molecule has 2 aromatic heterocycles. The van der Waals surface area contributed by atoms with Crippen molar-refractivity contribution in [3.8, 4) is 5.75 Å². The van der Waals surface area contributed by atoms with Crippen molar-refractivity contribution in [2.24, 2.45) is 5.10 Å². The average Bonchev–Trinajstić information content (AvgIpc) is 3.19. The predicted octanol–water partition coefficient (Wildman–Crippen LogP) is 2.61. The highest BCUT2D eigenvalue weighted by Gasteiger charge is 2.21. The van der Waals surface area contributed by atoms with Gasteiger partial charge in [-0.25, -0.2) is 10.4 Å². The Morgan fingerprint density at radius 1 is 1.27 bits per heavy atom. The number of fused-ring (bicyclic) bond motifs is 4. The second kappa shape index (κ2) is 8.42. The number of para-hydroxylation sites is 1. The molecule has 33 heavy (non-hydrogen) atoms. The molecule has 2 heterocycles. The van der Waals surface area contributed by atoms with E-state index in [4.69, 9.17) is 9.25 Å². The van der Waals surface area contributed by atoms with E-state index in [-0.39, 0.29) is 5.75 Å². The molecule has 0 bridgehead atoms. The zero-order chi connectivity index (χ0) is 22.9. The predicted molar refractivity (Wildman–Crippen MR) is 122 cm³/mol. The normalized spacial score (nSPS) is 13.5. The zero-order valence-electron chi connectivity index (χ0n) is 18.0. The number of rotatable bonds is 5. The molecular formula is C24H22N4O5. The monoisotopic (exact) mass is 446 g/mol. The molecule has 0 spiro atoms. The van der Waals surface area contributed by atoms with Crippen molar-refractivity contribution >= 4 is 34.0 Å². The fraction of sp³-hybridized carbons (Fsp3) is 0.250. The molecule has 0 saturated carbocycles. The Kier molecular flexibility index (Phi) is 5.29. The molecule has 2 aromatic carbocycles. The quantitative estimate of drug-likeness (QED) is 0.359. The molecule has 2 N–H and O–H groups in total. The maximum atomic E-state index is 12.6. The van der Waals surface area contributed by atoms with Crippen molar-refractivity contribution in [3.05, 3.63) is 69.5 Å². The van der Waals surface area contributed by atoms with Crippen LogP contribution in [-0.2, 0) is 17.6 Å². The molecule has 0 radical (unpaired) electrons. The van der Waals surface area contributed by atoms with Crippen LogP contribution in [0, 0.1) is 6.92 Å². The van der Waals surface area contributed by atoms with Crippen LogP contribution in [-0.4, -0.2) is 33.5 Å². The molecule has 0 unspecified atom stereocenters. The van der Waals surface area contributed by atoms with Crippen LogP contribution in [0.1, 0.15) is 35.6 Å². The van der Waals surface area contributed by atoms with E-state index in [1.165, 1.54) is 6.21 Å². The summed E-state index contributed by atoms with van der Waals surface area (Å²) in [5.41, 5.74) is 4.80. The lowest BCUT2D eigenvalue weighted by Crippen LogP contribution is -2.35. The summed E-state index contributed by atoms with van der Waals surface area (Å²) in [5.74, 6) is 0.761. The molecule has 4 aromatic rings. The summed E-state index contributed by atoms with van der Waals surface area (Å²) in [4.78, 5) is 34.6. The first-order chi connectivity index (χ1) is 16.0. The molecule has 0 aliphatic heterocycles. The molecule has 1 amide bonds. The van der Waals surface area contributed by atoms with Crippen molar-refractivity contribution < 1.29 is 19.2 Å². The molecule has 168 valence electrons. The van der Waals surface area contributed by atoms with Gasteiger partial charge in [0.15, 0.2) is 6.61 Å². The Bertz CT molecular complexity index is 1470. The van der Waals surface area contributed by atoms with Crippen LogP contribution in [0.2, 0.25) is 0 Å². The van der Waals surface area contributed by atoms with Gasteiger partial charge in [-0.15, -0.1) is 4.73 Å². The van der Waals surface area contributed by atoms with Gasteiger partial charge in [-0.2, -0.15) is 5.10 Å². The number of carbonyl (C=O) groups excluding carboxylic acids is 1. The fourth-order valence-electron chi connectivity index (χ4n) is 4.21. The number of benzene rings is 2. The van der Waals surface area contributed by atoms with E-state index in [2.05, 4.69) is 15.5 Å². The number of furan rings is 1. The second-order valence-corrected chi connectivity index (χ2v) is 7.92. The lowest BCUT2D eigenvalue weighted by molar-refractivity contribution is -0.126. The molecular weight excluding hydrogens is 424 g/mol. The van der Waals surface area contributed by atoms with Gasteiger partial charge in [-0.1, -0.05) is 12.1 Å². The molecule has 0 fully saturated rings. The summed E-state index contributed by atoms with van der Waals surface area (Å²) >= 11 is 0. The number of hydrogen-bond donors (Lipinski definition) is 2. The van der Waals surface area contributed by atoms with E-state index >= 15 is 0 Å². The van der Waals surface area contributed by atoms with Gasteiger partial charge in [-0.05, 0) is 50.5 Å². The van der Waals surface area contributed by atoms with E-state index in [0.29, 0.717) is 27.9 Å². The number of nitrogens with zero attached hydrogens (tertiary/aromatic N) is 3. The minimum atomic E-state index is -0.563. The third-order valence-corrected chi connectivity index (χ3v) is 5.74. The summed E-state index contributed by atoms with van der Waals surface area (Å²) < 4.78 is 6.93. The first-order valence-electron chi connectivity index (χ1n) is 10.7. The van der Waals surface area contributed by atoms with Crippen LogP contribution >= 0.6 is 0 Å². The van der Waals surface area contributed by atoms with E-state index in [1.54, 1.807) is 43.3 Å².